The smallest absolute Gasteiger partial charge is 0.269 e. The fourth-order valence-electron chi connectivity index (χ4n) is 1.83. The minimum absolute atomic E-state index is 0.122. The molecule has 0 radical (unpaired) electrons. The number of carbonyl (C=O) groups excluding carboxylic acids is 1. The Morgan fingerprint density at radius 1 is 1.42 bits per heavy atom. The zero-order valence-corrected chi connectivity index (χ0v) is 13.6. The van der Waals surface area contributed by atoms with Crippen molar-refractivity contribution in [2.24, 2.45) is 5.92 Å². The summed E-state index contributed by atoms with van der Waals surface area (Å²) in [6.07, 6.45) is 2.69. The van der Waals surface area contributed by atoms with Gasteiger partial charge >= 0.3 is 0 Å². The average Bonchev–Trinajstić information content (AvgIpc) is 2.34. The number of aromatic nitrogens is 1. The molecule has 0 bridgehead atoms. The van der Waals surface area contributed by atoms with Crippen molar-refractivity contribution in [3.63, 3.8) is 0 Å². The third-order valence-electron chi connectivity index (χ3n) is 2.93. The highest BCUT2D eigenvalue weighted by molar-refractivity contribution is 9.10. The summed E-state index contributed by atoms with van der Waals surface area (Å²) in [5, 5.41) is 2.95. The highest BCUT2D eigenvalue weighted by atomic mass is 79.9. The fourth-order valence-corrected chi connectivity index (χ4v) is 2.07. The second-order valence-corrected chi connectivity index (χ2v) is 6.23. The third kappa shape index (κ3) is 5.70. The molecule has 5 heteroatoms. The minimum Gasteiger partial charge on any atom is -0.349 e. The number of halogens is 1. The van der Waals surface area contributed by atoms with Gasteiger partial charge in [-0.1, -0.05) is 13.8 Å². The maximum atomic E-state index is 12.0. The van der Waals surface area contributed by atoms with Gasteiger partial charge in [0.2, 0.25) is 0 Å². The molecule has 1 amide bonds. The number of hydrogen-bond acceptors (Lipinski definition) is 3. The summed E-state index contributed by atoms with van der Waals surface area (Å²) >= 11 is 3.30. The predicted molar refractivity (Wildman–Crippen MR) is 81.2 cm³/mol. The van der Waals surface area contributed by atoms with Gasteiger partial charge < -0.3 is 10.2 Å². The first-order chi connectivity index (χ1) is 8.90. The van der Waals surface area contributed by atoms with E-state index in [0.29, 0.717) is 24.2 Å². The lowest BCUT2D eigenvalue weighted by Crippen LogP contribution is -2.41. The van der Waals surface area contributed by atoms with Gasteiger partial charge in [0, 0.05) is 23.3 Å². The van der Waals surface area contributed by atoms with Crippen molar-refractivity contribution < 1.29 is 4.79 Å². The van der Waals surface area contributed by atoms with Crippen LogP contribution >= 0.6 is 15.9 Å². The van der Waals surface area contributed by atoms with E-state index < -0.39 is 0 Å². The molecule has 0 aliphatic rings. The van der Waals surface area contributed by atoms with Crippen LogP contribution in [0.25, 0.3) is 0 Å². The molecule has 1 aromatic rings. The maximum Gasteiger partial charge on any atom is 0.269 e. The summed E-state index contributed by atoms with van der Waals surface area (Å²) in [6, 6.07) is 3.88. The second kappa shape index (κ2) is 7.60. The van der Waals surface area contributed by atoms with E-state index in [0.717, 1.165) is 10.9 Å². The molecule has 19 heavy (non-hydrogen) atoms. The van der Waals surface area contributed by atoms with Gasteiger partial charge in [-0.15, -0.1) is 0 Å². The summed E-state index contributed by atoms with van der Waals surface area (Å²) in [5.41, 5.74) is 0.449. The molecule has 106 valence electrons. The number of amides is 1. The molecule has 1 N–H and O–H groups in total. The predicted octanol–water partition coefficient (Wildman–Crippen LogP) is 2.55. The van der Waals surface area contributed by atoms with Gasteiger partial charge in [0.25, 0.3) is 5.91 Å². The molecule has 0 aromatic carbocycles. The van der Waals surface area contributed by atoms with Gasteiger partial charge in [0.05, 0.1) is 0 Å². The average molecular weight is 328 g/mol. The van der Waals surface area contributed by atoms with Gasteiger partial charge in [-0.25, -0.2) is 4.98 Å². The van der Waals surface area contributed by atoms with E-state index in [1.54, 1.807) is 12.3 Å². The number of rotatable bonds is 6. The van der Waals surface area contributed by atoms with Crippen molar-refractivity contribution in [2.75, 3.05) is 20.6 Å². The molecule has 0 aliphatic carbocycles. The van der Waals surface area contributed by atoms with Crippen LogP contribution in [0, 0.1) is 5.92 Å². The van der Waals surface area contributed by atoms with Gasteiger partial charge in [-0.3, -0.25) is 4.79 Å². The van der Waals surface area contributed by atoms with Crippen molar-refractivity contribution in [3.8, 4) is 0 Å². The van der Waals surface area contributed by atoms with Crippen LogP contribution in [0.3, 0.4) is 0 Å². The Kier molecular flexibility index (Phi) is 6.45. The lowest BCUT2D eigenvalue weighted by atomic mass is 10.0. The summed E-state index contributed by atoms with van der Waals surface area (Å²) in [5.74, 6) is 0.484. The van der Waals surface area contributed by atoms with Crippen molar-refractivity contribution in [1.82, 2.24) is 15.2 Å². The summed E-state index contributed by atoms with van der Waals surface area (Å²) in [7, 11) is 4.08. The topological polar surface area (TPSA) is 45.2 Å². The van der Waals surface area contributed by atoms with Crippen LogP contribution in [-0.2, 0) is 0 Å². The molecule has 1 aromatic heterocycles. The van der Waals surface area contributed by atoms with E-state index >= 15 is 0 Å². The number of likely N-dealkylation sites (N-methyl/N-ethyl adjacent to an activating group) is 1. The number of pyridine rings is 1. The quantitative estimate of drug-likeness (QED) is 0.873. The molecule has 0 aliphatic heterocycles. The van der Waals surface area contributed by atoms with Gasteiger partial charge in [0.1, 0.15) is 5.69 Å². The molecule has 1 unspecified atom stereocenters. The molecule has 0 saturated heterocycles. The fraction of sp³-hybridized carbons (Fsp3) is 0.571. The molecular weight excluding hydrogens is 306 g/mol. The first kappa shape index (κ1) is 16.1. The van der Waals surface area contributed by atoms with Crippen LogP contribution in [0.1, 0.15) is 30.8 Å². The number of nitrogens with zero attached hydrogens (tertiary/aromatic N) is 2. The second-order valence-electron chi connectivity index (χ2n) is 5.32. The standard InChI is InChI=1S/C14H22BrN3O/c1-10(2)7-12(18(3)4)9-17-14(19)13-6-5-11(15)8-16-13/h5-6,8,10,12H,7,9H2,1-4H3,(H,17,19). The third-order valence-corrected chi connectivity index (χ3v) is 3.40. The molecule has 0 spiro atoms. The molecule has 1 rings (SSSR count). The molecule has 4 nitrogen and oxygen atoms in total. The Hall–Kier alpha value is -0.940. The van der Waals surface area contributed by atoms with E-state index in [1.165, 1.54) is 0 Å². The normalized spacial score (nSPS) is 12.8. The molecule has 0 fully saturated rings. The van der Waals surface area contributed by atoms with Crippen molar-refractivity contribution in [2.45, 2.75) is 26.3 Å². The monoisotopic (exact) mass is 327 g/mol. The van der Waals surface area contributed by atoms with Gasteiger partial charge in [0.15, 0.2) is 0 Å². The number of hydrogen-bond donors (Lipinski definition) is 1. The van der Waals surface area contributed by atoms with Crippen LogP contribution in [-0.4, -0.2) is 42.5 Å². The van der Waals surface area contributed by atoms with Crippen LogP contribution < -0.4 is 5.32 Å². The summed E-state index contributed by atoms with van der Waals surface area (Å²) < 4.78 is 0.870. The zero-order chi connectivity index (χ0) is 14.4. The molecule has 1 atom stereocenters. The highest BCUT2D eigenvalue weighted by Crippen LogP contribution is 2.09. The van der Waals surface area contributed by atoms with Gasteiger partial charge in [-0.05, 0) is 54.5 Å². The lowest BCUT2D eigenvalue weighted by Gasteiger charge is -2.26. The molecule has 0 saturated carbocycles. The van der Waals surface area contributed by atoms with Crippen LogP contribution in [0.2, 0.25) is 0 Å². The minimum atomic E-state index is -0.122. The van der Waals surface area contributed by atoms with Gasteiger partial charge in [-0.2, -0.15) is 0 Å². The van der Waals surface area contributed by atoms with Crippen LogP contribution in [0.15, 0.2) is 22.8 Å². The Bertz CT molecular complexity index is 404. The SMILES string of the molecule is CC(C)CC(CNC(=O)c1ccc(Br)cn1)N(C)C. The molecule has 1 heterocycles. The van der Waals surface area contributed by atoms with Crippen LogP contribution in [0.4, 0.5) is 0 Å². The first-order valence-corrected chi connectivity index (χ1v) is 7.25. The van der Waals surface area contributed by atoms with Crippen molar-refractivity contribution in [1.29, 1.82) is 0 Å². The van der Waals surface area contributed by atoms with Crippen LogP contribution in [0.5, 0.6) is 0 Å². The Labute approximate surface area is 123 Å². The summed E-state index contributed by atoms with van der Waals surface area (Å²) in [4.78, 5) is 18.2. The maximum absolute atomic E-state index is 12.0. The zero-order valence-electron chi connectivity index (χ0n) is 12.0. The van der Waals surface area contributed by atoms with Crippen molar-refractivity contribution >= 4 is 21.8 Å². The largest absolute Gasteiger partial charge is 0.349 e. The van der Waals surface area contributed by atoms with Crippen molar-refractivity contribution in [3.05, 3.63) is 28.5 Å². The highest BCUT2D eigenvalue weighted by Gasteiger charge is 2.15. The van der Waals surface area contributed by atoms with E-state index in [1.807, 2.05) is 20.2 Å². The van der Waals surface area contributed by atoms with E-state index in [-0.39, 0.29) is 5.91 Å². The first-order valence-electron chi connectivity index (χ1n) is 6.46. The molecular formula is C14H22BrN3O. The lowest BCUT2D eigenvalue weighted by molar-refractivity contribution is 0.0933. The van der Waals surface area contributed by atoms with E-state index in [4.69, 9.17) is 0 Å². The number of carbonyl (C=O) groups is 1. The van der Waals surface area contributed by atoms with E-state index in [9.17, 15) is 4.79 Å². The Morgan fingerprint density at radius 3 is 2.58 bits per heavy atom. The Balaban J connectivity index is 2.54. The van der Waals surface area contributed by atoms with E-state index in [2.05, 4.69) is 45.0 Å². The summed E-state index contributed by atoms with van der Waals surface area (Å²) in [6.45, 7) is 5.02. The number of nitrogens with one attached hydrogen (secondary N) is 1. The Morgan fingerprint density at radius 2 is 2.11 bits per heavy atom.